The summed E-state index contributed by atoms with van der Waals surface area (Å²) in [6.07, 6.45) is 0. The molecule has 2 rings (SSSR count). The van der Waals surface area contributed by atoms with Crippen molar-refractivity contribution in [3.63, 3.8) is 0 Å². The Morgan fingerprint density at radius 3 is 1.27 bits per heavy atom. The number of benzene rings is 2. The van der Waals surface area contributed by atoms with Gasteiger partial charge in [0, 0.05) is 0 Å². The van der Waals surface area contributed by atoms with Gasteiger partial charge in [0.05, 0.1) is 22.5 Å². The topological polar surface area (TPSA) is 167 Å². The van der Waals surface area contributed by atoms with Crippen LogP contribution in [-0.4, -0.2) is 32.4 Å². The van der Waals surface area contributed by atoms with E-state index in [-0.39, 0.29) is 34.0 Å². The van der Waals surface area contributed by atoms with Crippen LogP contribution in [-0.2, 0) is 0 Å². The minimum Gasteiger partial charge on any atom is -0.506 e. The predicted molar refractivity (Wildman–Crippen MR) is 79.0 cm³/mol. The summed E-state index contributed by atoms with van der Waals surface area (Å²) in [4.78, 5) is 20.8. The van der Waals surface area contributed by atoms with Crippen molar-refractivity contribution < 1.29 is 30.0 Å². The third-order valence-electron chi connectivity index (χ3n) is 2.63. The van der Waals surface area contributed by atoms with Crippen molar-refractivity contribution >= 4 is 23.3 Å². The van der Waals surface area contributed by atoms with E-state index in [2.05, 4.69) is 0 Å². The standard InChI is InChI=1S/2C7H7NO3/c2*8-6-4(7(10)11)2-1-3-5(6)9/h2*1-3,9H,8H2,(H,10,11). The fourth-order valence-corrected chi connectivity index (χ4v) is 1.48. The second-order valence-corrected chi connectivity index (χ2v) is 4.09. The zero-order valence-corrected chi connectivity index (χ0v) is 11.2. The van der Waals surface area contributed by atoms with Gasteiger partial charge in [-0.15, -0.1) is 0 Å². The van der Waals surface area contributed by atoms with Crippen LogP contribution >= 0.6 is 0 Å². The Morgan fingerprint density at radius 2 is 1.05 bits per heavy atom. The summed E-state index contributed by atoms with van der Waals surface area (Å²) in [6.45, 7) is 0. The van der Waals surface area contributed by atoms with E-state index in [0.717, 1.165) is 0 Å². The molecule has 8 heteroatoms. The molecule has 0 fully saturated rings. The van der Waals surface area contributed by atoms with Gasteiger partial charge in [0.25, 0.3) is 0 Å². The molecule has 0 aliphatic heterocycles. The summed E-state index contributed by atoms with van der Waals surface area (Å²) in [5.74, 6) is -2.69. The maximum atomic E-state index is 10.4. The number of carboxylic acids is 2. The minimum absolute atomic E-state index is 0.0787. The monoisotopic (exact) mass is 306 g/mol. The summed E-state index contributed by atoms with van der Waals surface area (Å²) in [5, 5.41) is 34.9. The molecule has 0 aliphatic carbocycles. The Morgan fingerprint density at radius 1 is 0.727 bits per heavy atom. The fraction of sp³-hybridized carbons (Fsp3) is 0. The molecule has 2 aromatic carbocycles. The van der Waals surface area contributed by atoms with Crippen LogP contribution in [0.3, 0.4) is 0 Å². The number of hydrogen-bond donors (Lipinski definition) is 6. The van der Waals surface area contributed by atoms with Crippen LogP contribution in [0, 0.1) is 0 Å². The molecule has 0 spiro atoms. The minimum atomic E-state index is -1.14. The number of phenolic OH excluding ortho intramolecular Hbond substituents is 2. The molecule has 0 amide bonds. The molecule has 8 N–H and O–H groups in total. The lowest BCUT2D eigenvalue weighted by Crippen LogP contribution is -2.01. The molecule has 0 heterocycles. The summed E-state index contributed by atoms with van der Waals surface area (Å²) in [7, 11) is 0. The highest BCUT2D eigenvalue weighted by atomic mass is 16.4. The zero-order valence-electron chi connectivity index (χ0n) is 11.2. The highest BCUT2D eigenvalue weighted by molar-refractivity contribution is 5.95. The largest absolute Gasteiger partial charge is 0.506 e. The fourth-order valence-electron chi connectivity index (χ4n) is 1.48. The van der Waals surface area contributed by atoms with Crippen molar-refractivity contribution in [1.29, 1.82) is 0 Å². The van der Waals surface area contributed by atoms with E-state index >= 15 is 0 Å². The number of phenols is 2. The molecule has 0 radical (unpaired) electrons. The molecule has 116 valence electrons. The first-order valence-electron chi connectivity index (χ1n) is 5.87. The van der Waals surface area contributed by atoms with Crippen LogP contribution in [0.15, 0.2) is 36.4 Å². The lowest BCUT2D eigenvalue weighted by Gasteiger charge is -2.00. The number of aromatic hydroxyl groups is 2. The Bertz CT molecular complexity index is 653. The van der Waals surface area contributed by atoms with Crippen LogP contribution < -0.4 is 11.5 Å². The van der Waals surface area contributed by atoms with E-state index in [1.165, 1.54) is 36.4 Å². The quantitative estimate of drug-likeness (QED) is 0.357. The molecule has 2 aromatic rings. The van der Waals surface area contributed by atoms with Gasteiger partial charge in [-0.3, -0.25) is 0 Å². The van der Waals surface area contributed by atoms with Crippen molar-refractivity contribution in [1.82, 2.24) is 0 Å². The van der Waals surface area contributed by atoms with Gasteiger partial charge in [-0.05, 0) is 24.3 Å². The molecule has 0 atom stereocenters. The third kappa shape index (κ3) is 3.79. The van der Waals surface area contributed by atoms with Gasteiger partial charge in [0.15, 0.2) is 0 Å². The van der Waals surface area contributed by atoms with Crippen molar-refractivity contribution in [2.45, 2.75) is 0 Å². The van der Waals surface area contributed by atoms with E-state index in [9.17, 15) is 9.59 Å². The first-order chi connectivity index (χ1) is 10.3. The highest BCUT2D eigenvalue weighted by Gasteiger charge is 2.09. The van der Waals surface area contributed by atoms with Crippen LogP contribution in [0.1, 0.15) is 20.7 Å². The second-order valence-electron chi connectivity index (χ2n) is 4.09. The highest BCUT2D eigenvalue weighted by Crippen LogP contribution is 2.23. The average molecular weight is 306 g/mol. The Labute approximate surface area is 124 Å². The summed E-state index contributed by atoms with van der Waals surface area (Å²) in [5.41, 5.74) is 10.2. The zero-order chi connectivity index (χ0) is 16.9. The second kappa shape index (κ2) is 6.84. The Balaban J connectivity index is 0.000000220. The lowest BCUT2D eigenvalue weighted by atomic mass is 10.2. The van der Waals surface area contributed by atoms with E-state index in [4.69, 9.17) is 31.9 Å². The number of anilines is 2. The molecule has 0 saturated carbocycles. The van der Waals surface area contributed by atoms with Crippen LogP contribution in [0.4, 0.5) is 11.4 Å². The van der Waals surface area contributed by atoms with Gasteiger partial charge < -0.3 is 31.9 Å². The van der Waals surface area contributed by atoms with Gasteiger partial charge in [0.1, 0.15) is 11.5 Å². The number of carboxylic acid groups (broad SMARTS) is 2. The smallest absolute Gasteiger partial charge is 0.337 e. The van der Waals surface area contributed by atoms with Gasteiger partial charge in [-0.25, -0.2) is 9.59 Å². The number of para-hydroxylation sites is 2. The molecule has 0 aromatic heterocycles. The summed E-state index contributed by atoms with van der Waals surface area (Å²) >= 11 is 0. The number of rotatable bonds is 2. The van der Waals surface area contributed by atoms with Crippen molar-refractivity contribution in [2.75, 3.05) is 11.5 Å². The molecule has 8 nitrogen and oxygen atoms in total. The number of nitrogens with two attached hydrogens (primary N) is 2. The van der Waals surface area contributed by atoms with Crippen molar-refractivity contribution in [2.24, 2.45) is 0 Å². The number of aromatic carboxylic acids is 2. The maximum Gasteiger partial charge on any atom is 0.337 e. The van der Waals surface area contributed by atoms with Crippen LogP contribution in [0.5, 0.6) is 11.5 Å². The van der Waals surface area contributed by atoms with E-state index < -0.39 is 11.9 Å². The van der Waals surface area contributed by atoms with Gasteiger partial charge >= 0.3 is 11.9 Å². The molecule has 0 aliphatic rings. The molecule has 0 bridgehead atoms. The Kier molecular flexibility index (Phi) is 5.17. The number of nitrogen functional groups attached to an aromatic ring is 2. The number of carbonyl (C=O) groups is 2. The Hall–Kier alpha value is -3.42. The molecular formula is C14H14N2O6. The van der Waals surface area contributed by atoms with Crippen molar-refractivity contribution in [3.05, 3.63) is 47.5 Å². The normalized spacial score (nSPS) is 9.45. The SMILES string of the molecule is Nc1c(O)cccc1C(=O)O.Nc1c(O)cccc1C(=O)O. The lowest BCUT2D eigenvalue weighted by molar-refractivity contribution is 0.0687. The van der Waals surface area contributed by atoms with Crippen LogP contribution in [0.2, 0.25) is 0 Å². The summed E-state index contributed by atoms with van der Waals surface area (Å²) < 4.78 is 0. The van der Waals surface area contributed by atoms with Gasteiger partial charge in [0.2, 0.25) is 0 Å². The molecule has 0 saturated heterocycles. The van der Waals surface area contributed by atoms with E-state index in [0.29, 0.717) is 0 Å². The van der Waals surface area contributed by atoms with Crippen LogP contribution in [0.25, 0.3) is 0 Å². The third-order valence-corrected chi connectivity index (χ3v) is 2.63. The van der Waals surface area contributed by atoms with Gasteiger partial charge in [-0.1, -0.05) is 12.1 Å². The van der Waals surface area contributed by atoms with Crippen molar-refractivity contribution in [3.8, 4) is 11.5 Å². The summed E-state index contributed by atoms with van der Waals surface area (Å²) in [6, 6.07) is 8.18. The first-order valence-corrected chi connectivity index (χ1v) is 5.87. The predicted octanol–water partition coefficient (Wildman–Crippen LogP) is 1.35. The average Bonchev–Trinajstić information content (AvgIpc) is 2.45. The maximum absolute atomic E-state index is 10.4. The molecular weight excluding hydrogens is 292 g/mol. The van der Waals surface area contributed by atoms with Gasteiger partial charge in [-0.2, -0.15) is 0 Å². The molecule has 0 unspecified atom stereocenters. The number of hydrogen-bond acceptors (Lipinski definition) is 6. The van der Waals surface area contributed by atoms with E-state index in [1.54, 1.807) is 0 Å². The van der Waals surface area contributed by atoms with E-state index in [1.807, 2.05) is 0 Å². The first kappa shape index (κ1) is 16.6. The molecule has 22 heavy (non-hydrogen) atoms.